The van der Waals surface area contributed by atoms with E-state index in [-0.39, 0.29) is 11.8 Å². The lowest BCUT2D eigenvalue weighted by atomic mass is 9.83. The first-order valence-electron chi connectivity index (χ1n) is 11.2. The molecule has 7 heteroatoms. The van der Waals surface area contributed by atoms with Crippen LogP contribution in [-0.2, 0) is 16.0 Å². The Bertz CT molecular complexity index is 980. The molecule has 3 unspecified atom stereocenters. The molecule has 0 saturated carbocycles. The van der Waals surface area contributed by atoms with Gasteiger partial charge in [0.1, 0.15) is 5.60 Å². The number of imide groups is 1. The number of carbonyl (C=O) groups is 2. The highest BCUT2D eigenvalue weighted by atomic mass is 35.5. The third kappa shape index (κ3) is 6.28. The average molecular weight is 491 g/mol. The zero-order chi connectivity index (χ0) is 24.4. The molecule has 2 amide bonds. The number of ether oxygens (including phenoxy) is 1. The van der Waals surface area contributed by atoms with Crippen LogP contribution in [0, 0.1) is 0 Å². The second-order valence-electron chi connectivity index (χ2n) is 9.89. The molecule has 5 nitrogen and oxygen atoms in total. The summed E-state index contributed by atoms with van der Waals surface area (Å²) in [6, 6.07) is 14.7. The van der Waals surface area contributed by atoms with E-state index in [1.807, 2.05) is 62.4 Å². The molecule has 3 rings (SSSR count). The second-order valence-corrected chi connectivity index (χ2v) is 10.8. The molecule has 1 aliphatic rings. The van der Waals surface area contributed by atoms with Crippen molar-refractivity contribution in [2.75, 3.05) is 6.54 Å². The molecule has 33 heavy (non-hydrogen) atoms. The largest absolute Gasteiger partial charge is 0.443 e. The minimum atomic E-state index is -0.782. The molecule has 2 aromatic rings. The van der Waals surface area contributed by atoms with Crippen LogP contribution in [0.5, 0.6) is 0 Å². The molecule has 0 radical (unpaired) electrons. The van der Waals surface area contributed by atoms with Gasteiger partial charge in [0.25, 0.3) is 5.91 Å². The summed E-state index contributed by atoms with van der Waals surface area (Å²) in [5.74, 6) is -0.450. The van der Waals surface area contributed by atoms with Crippen LogP contribution in [0.2, 0.25) is 10.0 Å². The third-order valence-electron chi connectivity index (χ3n) is 6.08. The molecule has 1 fully saturated rings. The van der Waals surface area contributed by atoms with E-state index >= 15 is 0 Å². The van der Waals surface area contributed by atoms with Crippen molar-refractivity contribution in [2.24, 2.45) is 0 Å². The summed E-state index contributed by atoms with van der Waals surface area (Å²) in [4.78, 5) is 28.3. The van der Waals surface area contributed by atoms with Gasteiger partial charge in [-0.2, -0.15) is 0 Å². The van der Waals surface area contributed by atoms with Crippen molar-refractivity contribution in [1.29, 1.82) is 0 Å². The number of halogens is 2. The number of carbonyl (C=O) groups excluding carboxylic acids is 2. The van der Waals surface area contributed by atoms with Crippen LogP contribution >= 0.6 is 23.2 Å². The van der Waals surface area contributed by atoms with Crippen LogP contribution in [0.3, 0.4) is 0 Å². The summed E-state index contributed by atoms with van der Waals surface area (Å²) in [6.07, 6.45) is 0.641. The fraction of sp³-hybridized carbons (Fsp3) is 0.462. The van der Waals surface area contributed by atoms with E-state index in [1.165, 1.54) is 4.90 Å². The Morgan fingerprint density at radius 2 is 1.58 bits per heavy atom. The Morgan fingerprint density at radius 3 is 2.03 bits per heavy atom. The lowest BCUT2D eigenvalue weighted by Crippen LogP contribution is -2.67. The molecule has 0 aliphatic carbocycles. The summed E-state index contributed by atoms with van der Waals surface area (Å²) >= 11 is 12.2. The molecule has 0 bridgehead atoms. The van der Waals surface area contributed by atoms with Crippen LogP contribution in [0.15, 0.2) is 48.5 Å². The maximum absolute atomic E-state index is 13.6. The first kappa shape index (κ1) is 25.5. The Kier molecular flexibility index (Phi) is 7.77. The van der Waals surface area contributed by atoms with E-state index in [0.29, 0.717) is 22.9 Å². The lowest BCUT2D eigenvalue weighted by molar-refractivity contribution is -0.142. The maximum Gasteiger partial charge on any atom is 0.417 e. The van der Waals surface area contributed by atoms with Crippen LogP contribution < -0.4 is 5.32 Å². The van der Waals surface area contributed by atoms with Crippen molar-refractivity contribution in [3.63, 3.8) is 0 Å². The fourth-order valence-corrected chi connectivity index (χ4v) is 4.28. The number of hydrogen-bond donors (Lipinski definition) is 1. The van der Waals surface area contributed by atoms with E-state index in [4.69, 9.17) is 27.9 Å². The molecule has 1 saturated heterocycles. The van der Waals surface area contributed by atoms with Crippen LogP contribution in [0.1, 0.15) is 58.1 Å². The quantitative estimate of drug-likeness (QED) is 0.521. The minimum Gasteiger partial charge on any atom is -0.443 e. The molecule has 1 N–H and O–H groups in total. The molecule has 0 aromatic heterocycles. The number of amides is 2. The number of rotatable bonds is 6. The molecule has 2 aromatic carbocycles. The number of benzene rings is 2. The number of nitrogens with zero attached hydrogens (tertiary/aromatic N) is 1. The van der Waals surface area contributed by atoms with Gasteiger partial charge in [0, 0.05) is 22.0 Å². The van der Waals surface area contributed by atoms with Crippen LogP contribution in [0.25, 0.3) is 0 Å². The van der Waals surface area contributed by atoms with E-state index in [0.717, 1.165) is 17.7 Å². The van der Waals surface area contributed by atoms with Gasteiger partial charge in [-0.25, -0.2) is 9.69 Å². The first-order chi connectivity index (χ1) is 15.4. The van der Waals surface area contributed by atoms with Gasteiger partial charge in [0.05, 0.1) is 5.54 Å². The molecule has 0 spiro atoms. The second kappa shape index (κ2) is 10.0. The molecule has 3 atom stereocenters. The molecule has 178 valence electrons. The van der Waals surface area contributed by atoms with Gasteiger partial charge in [0.15, 0.2) is 0 Å². The van der Waals surface area contributed by atoms with E-state index < -0.39 is 23.3 Å². The zero-order valence-corrected chi connectivity index (χ0v) is 21.3. The maximum atomic E-state index is 13.6. The fourth-order valence-electron chi connectivity index (χ4n) is 4.02. The highest BCUT2D eigenvalue weighted by Crippen LogP contribution is 2.33. The smallest absolute Gasteiger partial charge is 0.417 e. The monoisotopic (exact) mass is 490 g/mol. The highest BCUT2D eigenvalue weighted by Gasteiger charge is 2.47. The van der Waals surface area contributed by atoms with Crippen molar-refractivity contribution in [3.8, 4) is 0 Å². The Morgan fingerprint density at radius 1 is 1.06 bits per heavy atom. The molecular weight excluding hydrogens is 459 g/mol. The molecule has 1 aliphatic heterocycles. The van der Waals surface area contributed by atoms with E-state index in [9.17, 15) is 9.59 Å². The summed E-state index contributed by atoms with van der Waals surface area (Å²) < 4.78 is 5.68. The van der Waals surface area contributed by atoms with Crippen molar-refractivity contribution < 1.29 is 14.3 Å². The Hall–Kier alpha value is -2.08. The lowest BCUT2D eigenvalue weighted by Gasteiger charge is -2.44. The van der Waals surface area contributed by atoms with Gasteiger partial charge in [-0.05, 0) is 89.4 Å². The van der Waals surface area contributed by atoms with Crippen LogP contribution in [-0.4, -0.2) is 40.6 Å². The van der Waals surface area contributed by atoms with E-state index in [1.54, 1.807) is 20.8 Å². The topological polar surface area (TPSA) is 58.6 Å². The average Bonchev–Trinajstić information content (AvgIpc) is 2.71. The van der Waals surface area contributed by atoms with Crippen molar-refractivity contribution in [1.82, 2.24) is 10.2 Å². The summed E-state index contributed by atoms with van der Waals surface area (Å²) in [5, 5.41) is 4.47. The summed E-state index contributed by atoms with van der Waals surface area (Å²) in [5.41, 5.74) is 0.524. The van der Waals surface area contributed by atoms with Crippen molar-refractivity contribution >= 4 is 35.2 Å². The number of nitrogens with one attached hydrogen (secondary N) is 1. The van der Waals surface area contributed by atoms with Crippen molar-refractivity contribution in [3.05, 3.63) is 69.7 Å². The van der Waals surface area contributed by atoms with E-state index in [2.05, 4.69) is 5.32 Å². The molecule has 1 heterocycles. The van der Waals surface area contributed by atoms with Gasteiger partial charge in [-0.1, -0.05) is 47.5 Å². The number of hydrogen-bond acceptors (Lipinski definition) is 4. The first-order valence-corrected chi connectivity index (χ1v) is 12.0. The summed E-state index contributed by atoms with van der Waals surface area (Å²) in [6.45, 7) is 9.87. The minimum absolute atomic E-state index is 0.177. The van der Waals surface area contributed by atoms with Gasteiger partial charge in [-0.15, -0.1) is 0 Å². The highest BCUT2D eigenvalue weighted by molar-refractivity contribution is 6.30. The van der Waals surface area contributed by atoms with Gasteiger partial charge >= 0.3 is 6.09 Å². The van der Waals surface area contributed by atoms with Crippen molar-refractivity contribution in [2.45, 2.75) is 70.6 Å². The SMILES string of the molecule is CC(C(Cc1ccc(Cl)cc1)c1ccc(Cl)cc1)N(C(=O)OC(C)(C)C)C(=O)C1(C)CCN1. The van der Waals surface area contributed by atoms with Gasteiger partial charge in [-0.3, -0.25) is 4.79 Å². The normalized spacial score (nSPS) is 19.8. The predicted octanol–water partition coefficient (Wildman–Crippen LogP) is 6.22. The Labute approximate surface area is 206 Å². The van der Waals surface area contributed by atoms with Crippen LogP contribution in [0.4, 0.5) is 4.79 Å². The zero-order valence-electron chi connectivity index (χ0n) is 19.8. The van der Waals surface area contributed by atoms with Gasteiger partial charge < -0.3 is 10.1 Å². The van der Waals surface area contributed by atoms with Gasteiger partial charge in [0.2, 0.25) is 0 Å². The Balaban J connectivity index is 2.01. The summed E-state index contributed by atoms with van der Waals surface area (Å²) in [7, 11) is 0. The standard InChI is InChI=1S/C26H32Cl2N2O3/c1-17(30(24(32)33-25(2,3)4)23(31)26(5)14-15-29-26)22(19-8-12-21(28)13-9-19)16-18-6-10-20(27)11-7-18/h6-13,17,22,29H,14-16H2,1-5H3. The predicted molar refractivity (Wildman–Crippen MR) is 133 cm³/mol. The third-order valence-corrected chi connectivity index (χ3v) is 6.58. The molecular formula is C26H32Cl2N2O3.